The molecule has 1 N–H and O–H groups in total. The zero-order chi connectivity index (χ0) is 12.3. The van der Waals surface area contributed by atoms with Gasteiger partial charge in [-0.15, -0.1) is 0 Å². The molecule has 2 aliphatic carbocycles. The number of nitrogens with one attached hydrogen (secondary N) is 1. The van der Waals surface area contributed by atoms with Crippen LogP contribution in [0, 0.1) is 21.9 Å². The number of benzene rings is 1. The Labute approximate surface area is 110 Å². The molecule has 4 rings (SSSR count). The van der Waals surface area contributed by atoms with Gasteiger partial charge in [0.15, 0.2) is 4.77 Å². The summed E-state index contributed by atoms with van der Waals surface area (Å²) in [6.45, 7) is 1.00. The highest BCUT2D eigenvalue weighted by Crippen LogP contribution is 2.62. The molecule has 2 aliphatic rings. The zero-order valence-corrected chi connectivity index (χ0v) is 10.9. The highest BCUT2D eigenvalue weighted by molar-refractivity contribution is 7.71. The van der Waals surface area contributed by atoms with Crippen molar-refractivity contribution in [1.82, 2.24) is 9.55 Å². The van der Waals surface area contributed by atoms with E-state index >= 15 is 0 Å². The third-order valence-electron chi connectivity index (χ3n) is 4.54. The van der Waals surface area contributed by atoms with Crippen LogP contribution in [-0.2, 0) is 6.54 Å². The van der Waals surface area contributed by atoms with Gasteiger partial charge >= 0.3 is 0 Å². The molecular weight excluding hydrogens is 247 g/mol. The molecule has 1 aromatic carbocycles. The van der Waals surface area contributed by atoms with Crippen LogP contribution in [0.2, 0.25) is 0 Å². The average molecular weight is 262 g/mol. The maximum absolute atomic E-state index is 13.2. The second-order valence-corrected chi connectivity index (χ2v) is 6.20. The summed E-state index contributed by atoms with van der Waals surface area (Å²) in [6, 6.07) is 4.87. The first kappa shape index (κ1) is 10.7. The smallest absolute Gasteiger partial charge is 0.178 e. The van der Waals surface area contributed by atoms with Gasteiger partial charge < -0.3 is 9.55 Å². The lowest BCUT2D eigenvalue weighted by molar-refractivity contribution is 0.373. The minimum atomic E-state index is -0.214. The number of fused-ring (bicyclic) bond motifs is 1. The predicted octanol–water partition coefficient (Wildman–Crippen LogP) is 4.03. The molecule has 1 heterocycles. The fourth-order valence-electron chi connectivity index (χ4n) is 3.16. The largest absolute Gasteiger partial charge is 0.330 e. The van der Waals surface area contributed by atoms with Crippen LogP contribution in [0.1, 0.15) is 25.7 Å². The molecule has 0 aliphatic heterocycles. The molecule has 2 fully saturated rings. The summed E-state index contributed by atoms with van der Waals surface area (Å²) in [6.07, 6.45) is 5.41. The summed E-state index contributed by atoms with van der Waals surface area (Å²) in [5.74, 6) is 0.694. The number of hydrogen-bond acceptors (Lipinski definition) is 1. The van der Waals surface area contributed by atoms with E-state index in [0.717, 1.165) is 28.3 Å². The molecular formula is C14H15FN2S. The third-order valence-corrected chi connectivity index (χ3v) is 4.87. The molecule has 94 valence electrons. The van der Waals surface area contributed by atoms with Crippen LogP contribution in [-0.4, -0.2) is 9.55 Å². The summed E-state index contributed by atoms with van der Waals surface area (Å²) in [5.41, 5.74) is 2.35. The predicted molar refractivity (Wildman–Crippen MR) is 71.5 cm³/mol. The molecule has 4 heteroatoms. The fourth-order valence-corrected chi connectivity index (χ4v) is 3.43. The molecule has 0 amide bonds. The molecule has 0 atom stereocenters. The summed E-state index contributed by atoms with van der Waals surface area (Å²) >= 11 is 5.38. The van der Waals surface area contributed by atoms with Gasteiger partial charge in [-0.05, 0) is 67.4 Å². The van der Waals surface area contributed by atoms with E-state index in [9.17, 15) is 4.39 Å². The first-order valence-corrected chi connectivity index (χ1v) is 6.97. The Hall–Kier alpha value is -1.16. The lowest BCUT2D eigenvalue weighted by atomic mass is 10.0. The number of aromatic nitrogens is 2. The first-order chi connectivity index (χ1) is 8.68. The Kier molecular flexibility index (Phi) is 2.05. The van der Waals surface area contributed by atoms with Crippen LogP contribution in [0.5, 0.6) is 0 Å². The summed E-state index contributed by atoms with van der Waals surface area (Å²) in [4.78, 5) is 3.12. The number of aromatic amines is 1. The minimum Gasteiger partial charge on any atom is -0.330 e. The van der Waals surface area contributed by atoms with E-state index in [4.69, 9.17) is 12.2 Å². The molecule has 2 aromatic rings. The van der Waals surface area contributed by atoms with Crippen LogP contribution in [0.4, 0.5) is 4.39 Å². The summed E-state index contributed by atoms with van der Waals surface area (Å²) < 4.78 is 16.1. The van der Waals surface area contributed by atoms with E-state index < -0.39 is 0 Å². The zero-order valence-electron chi connectivity index (χ0n) is 10.1. The van der Waals surface area contributed by atoms with Crippen LogP contribution in [0.25, 0.3) is 11.0 Å². The van der Waals surface area contributed by atoms with Crippen molar-refractivity contribution >= 4 is 23.3 Å². The van der Waals surface area contributed by atoms with Gasteiger partial charge in [-0.2, -0.15) is 0 Å². The lowest BCUT2D eigenvalue weighted by Gasteiger charge is -2.15. The van der Waals surface area contributed by atoms with Crippen molar-refractivity contribution < 1.29 is 4.39 Å². The highest BCUT2D eigenvalue weighted by Gasteiger charge is 2.53. The lowest BCUT2D eigenvalue weighted by Crippen LogP contribution is -2.13. The third kappa shape index (κ3) is 1.55. The van der Waals surface area contributed by atoms with Crippen LogP contribution < -0.4 is 0 Å². The number of imidazole rings is 1. The van der Waals surface area contributed by atoms with Crippen molar-refractivity contribution in [1.29, 1.82) is 0 Å². The first-order valence-electron chi connectivity index (χ1n) is 6.56. The Balaban J connectivity index is 1.80. The van der Waals surface area contributed by atoms with Crippen molar-refractivity contribution in [3.63, 3.8) is 0 Å². The van der Waals surface area contributed by atoms with Gasteiger partial charge in [0, 0.05) is 6.54 Å². The molecule has 0 spiro atoms. The Morgan fingerprint density at radius 1 is 1.39 bits per heavy atom. The van der Waals surface area contributed by atoms with E-state index in [2.05, 4.69) is 9.55 Å². The van der Waals surface area contributed by atoms with Crippen molar-refractivity contribution in [2.75, 3.05) is 0 Å². The molecule has 2 nitrogen and oxygen atoms in total. The maximum atomic E-state index is 13.2. The van der Waals surface area contributed by atoms with Crippen molar-refractivity contribution in [2.24, 2.45) is 11.3 Å². The monoisotopic (exact) mass is 262 g/mol. The van der Waals surface area contributed by atoms with E-state index in [1.165, 1.54) is 37.8 Å². The van der Waals surface area contributed by atoms with Gasteiger partial charge in [0.2, 0.25) is 0 Å². The highest BCUT2D eigenvalue weighted by atomic mass is 32.1. The number of H-pyrrole nitrogens is 1. The second kappa shape index (κ2) is 3.44. The van der Waals surface area contributed by atoms with Crippen LogP contribution >= 0.6 is 12.2 Å². The normalized spacial score (nSPS) is 21.4. The topological polar surface area (TPSA) is 20.7 Å². The molecule has 0 radical (unpaired) electrons. The number of rotatable bonds is 3. The standard InChI is InChI=1S/C14H15FN2S/c15-10-3-4-12-11(7-10)16-13(18)17(12)8-14(5-6-14)9-1-2-9/h3-4,7,9H,1-2,5-6,8H2,(H,16,18). The summed E-state index contributed by atoms with van der Waals surface area (Å²) in [7, 11) is 0. The SMILES string of the molecule is Fc1ccc2c(c1)[nH]c(=S)n2CC1(C2CC2)CC1. The minimum absolute atomic E-state index is 0.214. The number of halogens is 1. The van der Waals surface area contributed by atoms with E-state index in [-0.39, 0.29) is 5.82 Å². The van der Waals surface area contributed by atoms with Gasteiger partial charge in [0.05, 0.1) is 11.0 Å². The van der Waals surface area contributed by atoms with Gasteiger partial charge in [0.1, 0.15) is 5.82 Å². The van der Waals surface area contributed by atoms with E-state index in [0.29, 0.717) is 5.41 Å². The van der Waals surface area contributed by atoms with Gasteiger partial charge in [-0.1, -0.05) is 0 Å². The van der Waals surface area contributed by atoms with E-state index in [1.54, 1.807) is 0 Å². The van der Waals surface area contributed by atoms with E-state index in [1.807, 2.05) is 6.07 Å². The van der Waals surface area contributed by atoms with Gasteiger partial charge in [-0.3, -0.25) is 0 Å². The Morgan fingerprint density at radius 3 is 2.83 bits per heavy atom. The maximum Gasteiger partial charge on any atom is 0.178 e. The second-order valence-electron chi connectivity index (χ2n) is 5.81. The number of hydrogen-bond donors (Lipinski definition) is 1. The van der Waals surface area contributed by atoms with Crippen LogP contribution in [0.15, 0.2) is 18.2 Å². The average Bonchev–Trinajstić information content (AvgIpc) is 3.20. The number of nitrogens with zero attached hydrogens (tertiary/aromatic N) is 1. The Bertz CT molecular complexity index is 677. The molecule has 0 unspecified atom stereocenters. The fraction of sp³-hybridized carbons (Fsp3) is 0.500. The Morgan fingerprint density at radius 2 is 2.17 bits per heavy atom. The van der Waals surface area contributed by atoms with Crippen molar-refractivity contribution in [3.8, 4) is 0 Å². The molecule has 2 saturated carbocycles. The molecule has 0 bridgehead atoms. The van der Waals surface area contributed by atoms with Gasteiger partial charge in [0.25, 0.3) is 0 Å². The van der Waals surface area contributed by atoms with Gasteiger partial charge in [-0.25, -0.2) is 4.39 Å². The van der Waals surface area contributed by atoms with Crippen LogP contribution in [0.3, 0.4) is 0 Å². The summed E-state index contributed by atoms with van der Waals surface area (Å²) in [5, 5.41) is 0. The molecule has 1 aromatic heterocycles. The molecule has 18 heavy (non-hydrogen) atoms. The molecule has 0 saturated heterocycles. The van der Waals surface area contributed by atoms with Crippen molar-refractivity contribution in [2.45, 2.75) is 32.2 Å². The van der Waals surface area contributed by atoms with Crippen molar-refractivity contribution in [3.05, 3.63) is 28.8 Å². The quantitative estimate of drug-likeness (QED) is 0.828.